The normalized spacial score (nSPS) is 16.4. The zero-order chi connectivity index (χ0) is 18.6. The SMILES string of the molecule is COc1ccc(C2CC(=O)N(c3ccncc3)C2)cc1Oc1ccccc1. The summed E-state index contributed by atoms with van der Waals surface area (Å²) in [5, 5.41) is 0. The number of para-hydroxylation sites is 1. The topological polar surface area (TPSA) is 51.7 Å². The number of benzene rings is 2. The van der Waals surface area contributed by atoms with Gasteiger partial charge in [0.2, 0.25) is 5.91 Å². The summed E-state index contributed by atoms with van der Waals surface area (Å²) in [7, 11) is 1.62. The standard InChI is InChI=1S/C22H20N2O3/c1-26-20-8-7-16(13-21(20)27-19-5-3-2-4-6-19)17-14-22(25)24(15-17)18-9-11-23-12-10-18/h2-13,17H,14-15H2,1H3. The average Bonchev–Trinajstić information content (AvgIpc) is 3.11. The first-order chi connectivity index (χ1) is 13.2. The lowest BCUT2D eigenvalue weighted by atomic mass is 9.98. The summed E-state index contributed by atoms with van der Waals surface area (Å²) in [4.78, 5) is 18.3. The van der Waals surface area contributed by atoms with E-state index in [1.807, 2.05) is 65.6 Å². The molecule has 1 aromatic heterocycles. The molecule has 5 nitrogen and oxygen atoms in total. The summed E-state index contributed by atoms with van der Waals surface area (Å²) in [6, 6.07) is 19.2. The van der Waals surface area contributed by atoms with Crippen LogP contribution in [0.5, 0.6) is 17.2 Å². The van der Waals surface area contributed by atoms with Gasteiger partial charge in [-0.15, -0.1) is 0 Å². The van der Waals surface area contributed by atoms with Crippen LogP contribution in [0.15, 0.2) is 73.1 Å². The first-order valence-electron chi connectivity index (χ1n) is 8.86. The van der Waals surface area contributed by atoms with E-state index in [1.54, 1.807) is 19.5 Å². The second kappa shape index (κ2) is 7.50. The van der Waals surface area contributed by atoms with E-state index in [0.717, 1.165) is 17.0 Å². The molecule has 1 unspecified atom stereocenters. The number of anilines is 1. The highest BCUT2D eigenvalue weighted by molar-refractivity contribution is 5.96. The molecule has 27 heavy (non-hydrogen) atoms. The van der Waals surface area contributed by atoms with Crippen molar-refractivity contribution in [1.29, 1.82) is 0 Å². The van der Waals surface area contributed by atoms with E-state index in [2.05, 4.69) is 4.98 Å². The van der Waals surface area contributed by atoms with Crippen molar-refractivity contribution in [3.8, 4) is 17.2 Å². The summed E-state index contributed by atoms with van der Waals surface area (Å²) < 4.78 is 11.4. The third-order valence-electron chi connectivity index (χ3n) is 4.73. The molecule has 2 heterocycles. The number of aromatic nitrogens is 1. The summed E-state index contributed by atoms with van der Waals surface area (Å²) >= 11 is 0. The third kappa shape index (κ3) is 3.62. The highest BCUT2D eigenvalue weighted by Crippen LogP contribution is 2.38. The van der Waals surface area contributed by atoms with Gasteiger partial charge in [-0.3, -0.25) is 9.78 Å². The monoisotopic (exact) mass is 360 g/mol. The van der Waals surface area contributed by atoms with Crippen molar-refractivity contribution in [2.24, 2.45) is 0 Å². The summed E-state index contributed by atoms with van der Waals surface area (Å²) in [6.07, 6.45) is 3.88. The van der Waals surface area contributed by atoms with Gasteiger partial charge in [-0.1, -0.05) is 24.3 Å². The van der Waals surface area contributed by atoms with Gasteiger partial charge >= 0.3 is 0 Å². The lowest BCUT2D eigenvalue weighted by Crippen LogP contribution is -2.24. The number of hydrogen-bond donors (Lipinski definition) is 0. The highest BCUT2D eigenvalue weighted by Gasteiger charge is 2.32. The van der Waals surface area contributed by atoms with Crippen LogP contribution in [-0.2, 0) is 4.79 Å². The van der Waals surface area contributed by atoms with E-state index in [1.165, 1.54) is 0 Å². The molecule has 0 saturated carbocycles. The Morgan fingerprint density at radius 1 is 1.00 bits per heavy atom. The van der Waals surface area contributed by atoms with E-state index in [9.17, 15) is 4.79 Å². The molecule has 1 aliphatic rings. The number of carbonyl (C=O) groups excluding carboxylic acids is 1. The molecule has 0 aliphatic carbocycles. The molecule has 5 heteroatoms. The summed E-state index contributed by atoms with van der Waals surface area (Å²) in [5.41, 5.74) is 1.94. The van der Waals surface area contributed by atoms with Crippen molar-refractivity contribution in [2.45, 2.75) is 12.3 Å². The first-order valence-corrected chi connectivity index (χ1v) is 8.86. The van der Waals surface area contributed by atoms with Crippen LogP contribution in [-0.4, -0.2) is 24.5 Å². The van der Waals surface area contributed by atoms with Gasteiger partial charge in [0.05, 0.1) is 7.11 Å². The predicted molar refractivity (Wildman–Crippen MR) is 103 cm³/mol. The Morgan fingerprint density at radius 3 is 2.52 bits per heavy atom. The molecule has 4 rings (SSSR count). The van der Waals surface area contributed by atoms with Crippen molar-refractivity contribution in [3.63, 3.8) is 0 Å². The molecule has 136 valence electrons. The van der Waals surface area contributed by atoms with Gasteiger partial charge in [-0.25, -0.2) is 0 Å². The van der Waals surface area contributed by atoms with E-state index in [-0.39, 0.29) is 11.8 Å². The Hall–Kier alpha value is -3.34. The number of amides is 1. The molecule has 1 saturated heterocycles. The Morgan fingerprint density at radius 2 is 1.78 bits per heavy atom. The molecule has 1 fully saturated rings. The van der Waals surface area contributed by atoms with Gasteiger partial charge in [0, 0.05) is 37.0 Å². The molecular weight excluding hydrogens is 340 g/mol. The molecule has 1 aliphatic heterocycles. The van der Waals surface area contributed by atoms with E-state index in [4.69, 9.17) is 9.47 Å². The van der Waals surface area contributed by atoms with Crippen LogP contribution in [0.25, 0.3) is 0 Å². The molecule has 0 bridgehead atoms. The largest absolute Gasteiger partial charge is 0.493 e. The van der Waals surface area contributed by atoms with Crippen LogP contribution >= 0.6 is 0 Å². The number of ether oxygens (including phenoxy) is 2. The van der Waals surface area contributed by atoms with E-state index in [0.29, 0.717) is 24.5 Å². The smallest absolute Gasteiger partial charge is 0.227 e. The fraction of sp³-hybridized carbons (Fsp3) is 0.182. The maximum absolute atomic E-state index is 12.5. The predicted octanol–water partition coefficient (Wildman–Crippen LogP) is 4.40. The maximum Gasteiger partial charge on any atom is 0.227 e. The van der Waals surface area contributed by atoms with Crippen LogP contribution in [0.1, 0.15) is 17.9 Å². The van der Waals surface area contributed by atoms with Gasteiger partial charge in [-0.05, 0) is 42.0 Å². The summed E-state index contributed by atoms with van der Waals surface area (Å²) in [6.45, 7) is 0.639. The number of rotatable bonds is 5. The number of hydrogen-bond acceptors (Lipinski definition) is 4. The van der Waals surface area contributed by atoms with Crippen molar-refractivity contribution in [3.05, 3.63) is 78.6 Å². The van der Waals surface area contributed by atoms with Crippen molar-refractivity contribution >= 4 is 11.6 Å². The first kappa shape index (κ1) is 17.1. The molecule has 0 N–H and O–H groups in total. The molecular formula is C22H20N2O3. The lowest BCUT2D eigenvalue weighted by Gasteiger charge is -2.17. The van der Waals surface area contributed by atoms with Crippen LogP contribution in [0, 0.1) is 0 Å². The lowest BCUT2D eigenvalue weighted by molar-refractivity contribution is -0.117. The zero-order valence-corrected chi connectivity index (χ0v) is 15.0. The Bertz CT molecular complexity index is 929. The molecule has 0 spiro atoms. The highest BCUT2D eigenvalue weighted by atomic mass is 16.5. The van der Waals surface area contributed by atoms with Gasteiger partial charge in [0.25, 0.3) is 0 Å². The molecule has 3 aromatic rings. The van der Waals surface area contributed by atoms with Crippen molar-refractivity contribution in [2.75, 3.05) is 18.6 Å². The molecule has 2 aromatic carbocycles. The van der Waals surface area contributed by atoms with Gasteiger partial charge in [-0.2, -0.15) is 0 Å². The Labute approximate surface area is 158 Å². The zero-order valence-electron chi connectivity index (χ0n) is 15.0. The minimum atomic E-state index is 0.106. The van der Waals surface area contributed by atoms with Crippen LogP contribution in [0.2, 0.25) is 0 Å². The van der Waals surface area contributed by atoms with Crippen LogP contribution in [0.3, 0.4) is 0 Å². The minimum absolute atomic E-state index is 0.106. The number of carbonyl (C=O) groups is 1. The molecule has 1 amide bonds. The molecule has 0 radical (unpaired) electrons. The minimum Gasteiger partial charge on any atom is -0.493 e. The second-order valence-electron chi connectivity index (χ2n) is 6.44. The Balaban J connectivity index is 1.59. The van der Waals surface area contributed by atoms with Gasteiger partial charge < -0.3 is 14.4 Å². The van der Waals surface area contributed by atoms with Gasteiger partial charge in [0.1, 0.15) is 5.75 Å². The average molecular weight is 360 g/mol. The van der Waals surface area contributed by atoms with Crippen molar-refractivity contribution < 1.29 is 14.3 Å². The van der Waals surface area contributed by atoms with Crippen molar-refractivity contribution in [1.82, 2.24) is 4.98 Å². The van der Waals surface area contributed by atoms with Crippen LogP contribution in [0.4, 0.5) is 5.69 Å². The second-order valence-corrected chi connectivity index (χ2v) is 6.44. The number of methoxy groups -OCH3 is 1. The fourth-order valence-electron chi connectivity index (χ4n) is 3.35. The van der Waals surface area contributed by atoms with Gasteiger partial charge in [0.15, 0.2) is 11.5 Å². The van der Waals surface area contributed by atoms with Crippen LogP contribution < -0.4 is 14.4 Å². The summed E-state index contributed by atoms with van der Waals surface area (Å²) in [5.74, 6) is 2.28. The quantitative estimate of drug-likeness (QED) is 0.677. The molecule has 1 atom stereocenters. The fourth-order valence-corrected chi connectivity index (χ4v) is 3.35. The maximum atomic E-state index is 12.5. The number of pyridine rings is 1. The number of nitrogens with zero attached hydrogens (tertiary/aromatic N) is 2. The third-order valence-corrected chi connectivity index (χ3v) is 4.73. The Kier molecular flexibility index (Phi) is 4.75. The van der Waals surface area contributed by atoms with E-state index >= 15 is 0 Å². The van der Waals surface area contributed by atoms with E-state index < -0.39 is 0 Å².